The first-order valence-electron chi connectivity index (χ1n) is 8.10. The maximum atomic E-state index is 11.9. The van der Waals surface area contributed by atoms with Crippen molar-refractivity contribution in [2.75, 3.05) is 11.5 Å². The van der Waals surface area contributed by atoms with E-state index in [-0.39, 0.29) is 23.1 Å². The molecule has 1 fully saturated rings. The average molecular weight is 360 g/mol. The van der Waals surface area contributed by atoms with E-state index in [0.29, 0.717) is 25.2 Å². The van der Waals surface area contributed by atoms with Gasteiger partial charge in [0.15, 0.2) is 9.84 Å². The maximum Gasteiger partial charge on any atom is 0.337 e. The molecule has 0 radical (unpaired) electrons. The van der Waals surface area contributed by atoms with Crippen LogP contribution in [0.3, 0.4) is 0 Å². The van der Waals surface area contributed by atoms with E-state index < -0.39 is 15.8 Å². The van der Waals surface area contributed by atoms with Crippen LogP contribution in [0.2, 0.25) is 0 Å². The van der Waals surface area contributed by atoms with Crippen molar-refractivity contribution in [3.05, 3.63) is 65.5 Å². The molecule has 1 aromatic carbocycles. The fraction of sp³-hybridized carbons (Fsp3) is 0.333. The summed E-state index contributed by atoms with van der Waals surface area (Å²) < 4.78 is 23.8. The van der Waals surface area contributed by atoms with Crippen molar-refractivity contribution < 1.29 is 18.3 Å². The summed E-state index contributed by atoms with van der Waals surface area (Å²) in [4.78, 5) is 17.7. The molecule has 6 nitrogen and oxygen atoms in total. The fourth-order valence-corrected chi connectivity index (χ4v) is 4.91. The van der Waals surface area contributed by atoms with Gasteiger partial charge in [0.2, 0.25) is 0 Å². The van der Waals surface area contributed by atoms with Gasteiger partial charge in [-0.3, -0.25) is 9.88 Å². The van der Waals surface area contributed by atoms with Crippen molar-refractivity contribution in [1.29, 1.82) is 0 Å². The zero-order valence-electron chi connectivity index (χ0n) is 13.7. The molecule has 1 atom stereocenters. The van der Waals surface area contributed by atoms with Gasteiger partial charge in [-0.1, -0.05) is 30.3 Å². The summed E-state index contributed by atoms with van der Waals surface area (Å²) in [6.45, 7) is 0.855. The highest BCUT2D eigenvalue weighted by atomic mass is 32.2. The molecule has 25 heavy (non-hydrogen) atoms. The molecule has 1 aliphatic heterocycles. The molecule has 2 aromatic rings. The Balaban J connectivity index is 1.88. The van der Waals surface area contributed by atoms with Crippen LogP contribution >= 0.6 is 0 Å². The number of hydrogen-bond acceptors (Lipinski definition) is 5. The molecule has 7 heteroatoms. The first kappa shape index (κ1) is 17.6. The first-order valence-corrected chi connectivity index (χ1v) is 9.92. The average Bonchev–Trinajstić information content (AvgIpc) is 2.95. The minimum atomic E-state index is -3.03. The number of carbonyl (C=O) groups is 1. The number of aromatic nitrogens is 1. The number of benzene rings is 1. The second-order valence-corrected chi connectivity index (χ2v) is 8.48. The second-order valence-electron chi connectivity index (χ2n) is 6.25. The summed E-state index contributed by atoms with van der Waals surface area (Å²) in [5.41, 5.74) is 1.66. The molecule has 3 rings (SSSR count). The van der Waals surface area contributed by atoms with Crippen molar-refractivity contribution in [2.45, 2.75) is 25.6 Å². The van der Waals surface area contributed by atoms with Crippen LogP contribution in [0.15, 0.2) is 48.7 Å². The highest BCUT2D eigenvalue weighted by molar-refractivity contribution is 7.91. The van der Waals surface area contributed by atoms with Crippen LogP contribution in [0.5, 0.6) is 0 Å². The summed E-state index contributed by atoms with van der Waals surface area (Å²) in [7, 11) is -3.03. The van der Waals surface area contributed by atoms with Crippen molar-refractivity contribution in [1.82, 2.24) is 9.88 Å². The Morgan fingerprint density at radius 3 is 2.56 bits per heavy atom. The van der Waals surface area contributed by atoms with Gasteiger partial charge in [0.1, 0.15) is 0 Å². The molecule has 0 saturated carbocycles. The van der Waals surface area contributed by atoms with Crippen LogP contribution in [0.25, 0.3) is 0 Å². The number of sulfone groups is 1. The molecule has 2 heterocycles. The molecular formula is C18H20N2O4S. The number of aromatic carboxylic acids is 1. The fourth-order valence-electron chi connectivity index (χ4n) is 3.15. The van der Waals surface area contributed by atoms with Crippen LogP contribution in [-0.2, 0) is 22.9 Å². The third-order valence-corrected chi connectivity index (χ3v) is 6.18. The van der Waals surface area contributed by atoms with Gasteiger partial charge in [0.05, 0.1) is 22.8 Å². The second kappa shape index (κ2) is 7.33. The number of carboxylic acids is 1. The van der Waals surface area contributed by atoms with E-state index in [1.54, 1.807) is 12.3 Å². The van der Waals surface area contributed by atoms with E-state index in [4.69, 9.17) is 0 Å². The van der Waals surface area contributed by atoms with Crippen molar-refractivity contribution in [3.8, 4) is 0 Å². The van der Waals surface area contributed by atoms with Crippen LogP contribution in [0.4, 0.5) is 0 Å². The molecule has 1 N–H and O–H groups in total. The molecular weight excluding hydrogens is 340 g/mol. The van der Waals surface area contributed by atoms with E-state index in [2.05, 4.69) is 4.98 Å². The first-order chi connectivity index (χ1) is 11.9. The predicted octanol–water partition coefficient (Wildman–Crippen LogP) is 1.97. The van der Waals surface area contributed by atoms with Gasteiger partial charge < -0.3 is 5.11 Å². The molecule has 1 saturated heterocycles. The predicted molar refractivity (Wildman–Crippen MR) is 93.9 cm³/mol. The summed E-state index contributed by atoms with van der Waals surface area (Å²) in [6.07, 6.45) is 2.12. The van der Waals surface area contributed by atoms with Gasteiger partial charge >= 0.3 is 5.97 Å². The lowest BCUT2D eigenvalue weighted by atomic mass is 10.1. The Labute approximate surface area is 147 Å². The van der Waals surface area contributed by atoms with Crippen molar-refractivity contribution in [3.63, 3.8) is 0 Å². The maximum absolute atomic E-state index is 11.9. The quantitative estimate of drug-likeness (QED) is 0.847. The Bertz CT molecular complexity index is 852. The standard InChI is InChI=1S/C18H20N2O4S/c21-18(22)16-7-4-9-19-17(16)12-20(11-14-5-2-1-3-6-14)15-8-10-25(23,24)13-15/h1-7,9,15H,8,10-13H2,(H,21,22)/t15-/m0/s1. The topological polar surface area (TPSA) is 87.6 Å². The van der Waals surface area contributed by atoms with Gasteiger partial charge in [-0.15, -0.1) is 0 Å². The Morgan fingerprint density at radius 2 is 1.92 bits per heavy atom. The minimum absolute atomic E-state index is 0.106. The lowest BCUT2D eigenvalue weighted by Gasteiger charge is -2.28. The monoisotopic (exact) mass is 360 g/mol. The van der Waals surface area contributed by atoms with E-state index in [9.17, 15) is 18.3 Å². The van der Waals surface area contributed by atoms with Crippen LogP contribution in [-0.4, -0.2) is 46.9 Å². The van der Waals surface area contributed by atoms with Gasteiger partial charge in [0, 0.05) is 25.3 Å². The Kier molecular flexibility index (Phi) is 5.15. The third kappa shape index (κ3) is 4.43. The largest absolute Gasteiger partial charge is 0.478 e. The van der Waals surface area contributed by atoms with E-state index >= 15 is 0 Å². The molecule has 132 valence electrons. The van der Waals surface area contributed by atoms with Crippen LogP contribution < -0.4 is 0 Å². The lowest BCUT2D eigenvalue weighted by Crippen LogP contribution is -2.36. The highest BCUT2D eigenvalue weighted by Gasteiger charge is 2.33. The van der Waals surface area contributed by atoms with Crippen LogP contribution in [0.1, 0.15) is 28.0 Å². The molecule has 0 unspecified atom stereocenters. The minimum Gasteiger partial charge on any atom is -0.478 e. The van der Waals surface area contributed by atoms with Crippen molar-refractivity contribution in [2.24, 2.45) is 0 Å². The molecule has 1 aliphatic rings. The highest BCUT2D eigenvalue weighted by Crippen LogP contribution is 2.22. The molecule has 0 spiro atoms. The Morgan fingerprint density at radius 1 is 1.16 bits per heavy atom. The number of hydrogen-bond donors (Lipinski definition) is 1. The van der Waals surface area contributed by atoms with Crippen LogP contribution in [0, 0.1) is 0 Å². The normalized spacial score (nSPS) is 19.2. The number of rotatable bonds is 6. The zero-order valence-corrected chi connectivity index (χ0v) is 14.5. The molecule has 0 aliphatic carbocycles. The lowest BCUT2D eigenvalue weighted by molar-refractivity contribution is 0.0692. The summed E-state index contributed by atoms with van der Waals surface area (Å²) >= 11 is 0. The summed E-state index contributed by atoms with van der Waals surface area (Å²) in [6, 6.07) is 12.7. The summed E-state index contributed by atoms with van der Waals surface area (Å²) in [5, 5.41) is 9.36. The Hall–Kier alpha value is -2.25. The van der Waals surface area contributed by atoms with Gasteiger partial charge in [-0.25, -0.2) is 13.2 Å². The van der Waals surface area contributed by atoms with Gasteiger partial charge in [0.25, 0.3) is 0 Å². The molecule has 0 amide bonds. The molecule has 1 aromatic heterocycles. The van der Waals surface area contributed by atoms with E-state index in [0.717, 1.165) is 5.56 Å². The smallest absolute Gasteiger partial charge is 0.337 e. The zero-order chi connectivity index (χ0) is 17.9. The number of nitrogens with zero attached hydrogens (tertiary/aromatic N) is 2. The van der Waals surface area contributed by atoms with Crippen molar-refractivity contribution >= 4 is 15.8 Å². The van der Waals surface area contributed by atoms with Gasteiger partial charge in [-0.05, 0) is 24.1 Å². The SMILES string of the molecule is O=C(O)c1cccnc1CN(Cc1ccccc1)[C@H]1CCS(=O)(=O)C1. The summed E-state index contributed by atoms with van der Waals surface area (Å²) in [5.74, 6) is -0.742. The number of pyridine rings is 1. The number of carboxylic acid groups (broad SMARTS) is 1. The van der Waals surface area contributed by atoms with E-state index in [1.165, 1.54) is 6.07 Å². The third-order valence-electron chi connectivity index (χ3n) is 4.43. The van der Waals surface area contributed by atoms with Gasteiger partial charge in [-0.2, -0.15) is 0 Å². The van der Waals surface area contributed by atoms with E-state index in [1.807, 2.05) is 35.2 Å². The molecule has 0 bridgehead atoms.